The Kier molecular flexibility index (Phi) is 5.37. The van der Waals surface area contributed by atoms with Crippen molar-refractivity contribution in [3.8, 4) is 0 Å². The summed E-state index contributed by atoms with van der Waals surface area (Å²) in [4.78, 5) is 2.70. The van der Waals surface area contributed by atoms with Crippen LogP contribution in [0.25, 0.3) is 5.57 Å². The molecule has 0 bridgehead atoms. The molecule has 0 atom stereocenters. The highest BCUT2D eigenvalue weighted by molar-refractivity contribution is 7.89. The lowest BCUT2D eigenvalue weighted by Gasteiger charge is -2.26. The lowest BCUT2D eigenvalue weighted by molar-refractivity contribution is 0.293. The molecule has 0 aromatic heterocycles. The van der Waals surface area contributed by atoms with Crippen LogP contribution in [0, 0.1) is 0 Å². The predicted molar refractivity (Wildman–Crippen MR) is 102 cm³/mol. The Balaban J connectivity index is 1.70. The van der Waals surface area contributed by atoms with Crippen LogP contribution in [0.1, 0.15) is 17.5 Å². The standard InChI is InChI=1S/C20H24N2O2S/c1-21(2)25(23,24)20-10-6-7-17(15-20)16-22-13-11-19(12-14-22)18-8-4-3-5-9-18/h3-11,15H,12-14,16H2,1-2H3. The van der Waals surface area contributed by atoms with Crippen molar-refractivity contribution in [3.63, 3.8) is 0 Å². The summed E-state index contributed by atoms with van der Waals surface area (Å²) in [5, 5.41) is 0. The van der Waals surface area contributed by atoms with E-state index in [0.29, 0.717) is 4.90 Å². The molecule has 1 heterocycles. The molecule has 1 aliphatic rings. The Labute approximate surface area is 150 Å². The molecule has 0 amide bonds. The quantitative estimate of drug-likeness (QED) is 0.826. The van der Waals surface area contributed by atoms with Gasteiger partial charge in [0, 0.05) is 33.7 Å². The van der Waals surface area contributed by atoms with Gasteiger partial charge in [0.15, 0.2) is 0 Å². The van der Waals surface area contributed by atoms with Gasteiger partial charge in [0.1, 0.15) is 0 Å². The van der Waals surface area contributed by atoms with Crippen molar-refractivity contribution in [2.45, 2.75) is 17.9 Å². The lowest BCUT2D eigenvalue weighted by atomic mass is 9.99. The van der Waals surface area contributed by atoms with Gasteiger partial charge in [-0.15, -0.1) is 0 Å². The summed E-state index contributed by atoms with van der Waals surface area (Å²) < 4.78 is 25.8. The number of benzene rings is 2. The van der Waals surface area contributed by atoms with Crippen molar-refractivity contribution in [2.24, 2.45) is 0 Å². The third kappa shape index (κ3) is 4.18. The highest BCUT2D eigenvalue weighted by Gasteiger charge is 2.18. The maximum atomic E-state index is 12.3. The molecule has 3 rings (SSSR count). The molecule has 25 heavy (non-hydrogen) atoms. The van der Waals surface area contributed by atoms with Crippen LogP contribution in [0.15, 0.2) is 65.6 Å². The fourth-order valence-corrected chi connectivity index (χ4v) is 4.02. The van der Waals surface area contributed by atoms with Crippen molar-refractivity contribution in [1.29, 1.82) is 0 Å². The van der Waals surface area contributed by atoms with E-state index in [-0.39, 0.29) is 0 Å². The minimum Gasteiger partial charge on any atom is -0.295 e. The molecular formula is C20H24N2O2S. The first-order valence-corrected chi connectivity index (χ1v) is 9.89. The summed E-state index contributed by atoms with van der Waals surface area (Å²) in [5.41, 5.74) is 3.71. The average Bonchev–Trinajstić information content (AvgIpc) is 2.63. The Hall–Kier alpha value is -1.95. The van der Waals surface area contributed by atoms with Crippen LogP contribution in [0.4, 0.5) is 0 Å². The van der Waals surface area contributed by atoms with Crippen LogP contribution in [0.2, 0.25) is 0 Å². The number of sulfonamides is 1. The van der Waals surface area contributed by atoms with E-state index in [9.17, 15) is 8.42 Å². The normalized spacial score (nSPS) is 16.0. The minimum absolute atomic E-state index is 0.354. The van der Waals surface area contributed by atoms with Crippen LogP contribution in [-0.2, 0) is 16.6 Å². The third-order valence-electron chi connectivity index (χ3n) is 4.52. The first-order valence-electron chi connectivity index (χ1n) is 8.45. The molecule has 2 aromatic rings. The summed E-state index contributed by atoms with van der Waals surface area (Å²) in [7, 11) is -0.266. The predicted octanol–water partition coefficient (Wildman–Crippen LogP) is 3.23. The molecule has 0 spiro atoms. The minimum atomic E-state index is -3.38. The molecule has 5 heteroatoms. The summed E-state index contributed by atoms with van der Waals surface area (Å²) in [6, 6.07) is 17.7. The van der Waals surface area contributed by atoms with E-state index in [1.54, 1.807) is 26.2 Å². The van der Waals surface area contributed by atoms with E-state index in [1.165, 1.54) is 15.4 Å². The summed E-state index contributed by atoms with van der Waals surface area (Å²) in [6.45, 7) is 2.62. The van der Waals surface area contributed by atoms with E-state index >= 15 is 0 Å². The van der Waals surface area contributed by atoms with E-state index in [0.717, 1.165) is 31.6 Å². The maximum Gasteiger partial charge on any atom is 0.242 e. The lowest BCUT2D eigenvalue weighted by Crippen LogP contribution is -2.28. The first kappa shape index (κ1) is 17.9. The van der Waals surface area contributed by atoms with Gasteiger partial charge in [0.2, 0.25) is 10.0 Å². The molecule has 0 fully saturated rings. The zero-order chi connectivity index (χ0) is 17.9. The summed E-state index contributed by atoms with van der Waals surface area (Å²) in [6.07, 6.45) is 3.29. The van der Waals surface area contributed by atoms with Crippen LogP contribution in [0.3, 0.4) is 0 Å². The van der Waals surface area contributed by atoms with Crippen molar-refractivity contribution in [1.82, 2.24) is 9.21 Å². The van der Waals surface area contributed by atoms with Crippen LogP contribution in [0.5, 0.6) is 0 Å². The summed E-state index contributed by atoms with van der Waals surface area (Å²) >= 11 is 0. The first-order chi connectivity index (χ1) is 12.0. The fraction of sp³-hybridized carbons (Fsp3) is 0.300. The molecule has 2 aromatic carbocycles. The SMILES string of the molecule is CN(C)S(=O)(=O)c1cccc(CN2CC=C(c3ccccc3)CC2)c1. The molecule has 0 saturated heterocycles. The average molecular weight is 356 g/mol. The zero-order valence-electron chi connectivity index (χ0n) is 14.7. The topological polar surface area (TPSA) is 40.6 Å². The van der Waals surface area contributed by atoms with Crippen molar-refractivity contribution in [3.05, 3.63) is 71.8 Å². The van der Waals surface area contributed by atoms with E-state index in [4.69, 9.17) is 0 Å². The smallest absolute Gasteiger partial charge is 0.242 e. The number of nitrogens with zero attached hydrogens (tertiary/aromatic N) is 2. The Bertz CT molecular complexity index is 858. The second-order valence-electron chi connectivity index (χ2n) is 6.52. The molecule has 0 saturated carbocycles. The van der Waals surface area contributed by atoms with Gasteiger partial charge in [-0.2, -0.15) is 0 Å². The Morgan fingerprint density at radius 2 is 1.80 bits per heavy atom. The monoisotopic (exact) mass is 356 g/mol. The van der Waals surface area contributed by atoms with Gasteiger partial charge in [-0.25, -0.2) is 12.7 Å². The summed E-state index contributed by atoms with van der Waals surface area (Å²) in [5.74, 6) is 0. The number of hydrogen-bond acceptors (Lipinski definition) is 3. The molecular weight excluding hydrogens is 332 g/mol. The third-order valence-corrected chi connectivity index (χ3v) is 6.33. The van der Waals surface area contributed by atoms with Gasteiger partial charge >= 0.3 is 0 Å². The van der Waals surface area contributed by atoms with Gasteiger partial charge in [-0.05, 0) is 35.3 Å². The molecule has 1 aliphatic heterocycles. The molecule has 4 nitrogen and oxygen atoms in total. The van der Waals surface area contributed by atoms with E-state index in [2.05, 4.69) is 35.2 Å². The number of rotatable bonds is 5. The highest BCUT2D eigenvalue weighted by Crippen LogP contribution is 2.23. The molecule has 0 unspecified atom stereocenters. The largest absolute Gasteiger partial charge is 0.295 e. The molecule has 0 N–H and O–H groups in total. The van der Waals surface area contributed by atoms with Gasteiger partial charge in [-0.3, -0.25) is 4.90 Å². The van der Waals surface area contributed by atoms with E-state index in [1.807, 2.05) is 18.2 Å². The van der Waals surface area contributed by atoms with Crippen LogP contribution < -0.4 is 0 Å². The van der Waals surface area contributed by atoms with Crippen molar-refractivity contribution in [2.75, 3.05) is 27.2 Å². The van der Waals surface area contributed by atoms with Gasteiger partial charge < -0.3 is 0 Å². The fourth-order valence-electron chi connectivity index (χ4n) is 3.04. The number of hydrogen-bond donors (Lipinski definition) is 0. The second-order valence-corrected chi connectivity index (χ2v) is 8.67. The van der Waals surface area contributed by atoms with Gasteiger partial charge in [0.25, 0.3) is 0 Å². The zero-order valence-corrected chi connectivity index (χ0v) is 15.5. The van der Waals surface area contributed by atoms with Gasteiger partial charge in [-0.1, -0.05) is 48.5 Å². The molecule has 0 radical (unpaired) electrons. The second kappa shape index (κ2) is 7.52. The highest BCUT2D eigenvalue weighted by atomic mass is 32.2. The maximum absolute atomic E-state index is 12.3. The van der Waals surface area contributed by atoms with E-state index < -0.39 is 10.0 Å². The molecule has 0 aliphatic carbocycles. The molecule has 132 valence electrons. The van der Waals surface area contributed by atoms with Crippen molar-refractivity contribution < 1.29 is 8.42 Å². The van der Waals surface area contributed by atoms with Crippen LogP contribution >= 0.6 is 0 Å². The van der Waals surface area contributed by atoms with Crippen LogP contribution in [-0.4, -0.2) is 44.8 Å². The Morgan fingerprint density at radius 3 is 2.44 bits per heavy atom. The Morgan fingerprint density at radius 1 is 1.04 bits per heavy atom. The van der Waals surface area contributed by atoms with Crippen molar-refractivity contribution >= 4 is 15.6 Å². The van der Waals surface area contributed by atoms with Gasteiger partial charge in [0.05, 0.1) is 4.90 Å².